The topological polar surface area (TPSA) is 72.2 Å². The van der Waals surface area contributed by atoms with E-state index in [0.29, 0.717) is 0 Å². The first kappa shape index (κ1) is 14.7. The van der Waals surface area contributed by atoms with Crippen LogP contribution in [0.1, 0.15) is 17.8 Å². The van der Waals surface area contributed by atoms with E-state index >= 15 is 0 Å². The summed E-state index contributed by atoms with van der Waals surface area (Å²) >= 11 is 11.2. The van der Waals surface area contributed by atoms with Gasteiger partial charge in [-0.05, 0) is 6.07 Å². The van der Waals surface area contributed by atoms with Crippen molar-refractivity contribution in [3.05, 3.63) is 27.5 Å². The Morgan fingerprint density at radius 1 is 1.50 bits per heavy atom. The van der Waals surface area contributed by atoms with E-state index in [9.17, 15) is 14.0 Å². The van der Waals surface area contributed by atoms with Crippen molar-refractivity contribution < 1.29 is 14.0 Å². The number of nitrogens with one attached hydrogen (secondary N) is 1. The van der Waals surface area contributed by atoms with Gasteiger partial charge in [0, 0.05) is 0 Å². The third kappa shape index (κ3) is 2.62. The number of nitrogens with two attached hydrogens (primary N) is 1. The van der Waals surface area contributed by atoms with Crippen LogP contribution in [0.15, 0.2) is 6.07 Å². The van der Waals surface area contributed by atoms with Gasteiger partial charge in [-0.3, -0.25) is 9.59 Å². The lowest BCUT2D eigenvalue weighted by molar-refractivity contribution is -0.105. The van der Waals surface area contributed by atoms with Gasteiger partial charge in [-0.2, -0.15) is 0 Å². The van der Waals surface area contributed by atoms with Gasteiger partial charge in [0.05, 0.1) is 21.3 Å². The van der Waals surface area contributed by atoms with Gasteiger partial charge in [0.25, 0.3) is 5.91 Å². The molecule has 0 saturated heterocycles. The molecule has 0 aliphatic rings. The van der Waals surface area contributed by atoms with Crippen molar-refractivity contribution in [2.45, 2.75) is 7.43 Å². The van der Waals surface area contributed by atoms with Gasteiger partial charge in [0.2, 0.25) is 6.41 Å². The Hall–Kier alpha value is -1.33. The van der Waals surface area contributed by atoms with Crippen molar-refractivity contribution in [2.24, 2.45) is 5.73 Å². The summed E-state index contributed by atoms with van der Waals surface area (Å²) in [4.78, 5) is 21.0. The number of benzene rings is 1. The summed E-state index contributed by atoms with van der Waals surface area (Å²) in [6.45, 7) is 0. The molecule has 0 atom stereocenters. The molecule has 0 aliphatic heterocycles. The number of hydrogen-bond acceptors (Lipinski definition) is 2. The SMILES string of the molecule is C.NC(=O)c1c(F)c(NC=O)cc(Cl)c1Cl. The second-order valence-corrected chi connectivity index (χ2v) is 3.32. The molecule has 0 bridgehead atoms. The van der Waals surface area contributed by atoms with Gasteiger partial charge in [-0.25, -0.2) is 4.39 Å². The van der Waals surface area contributed by atoms with E-state index in [1.165, 1.54) is 0 Å². The monoisotopic (exact) mass is 266 g/mol. The van der Waals surface area contributed by atoms with Gasteiger partial charge in [0.1, 0.15) is 0 Å². The molecule has 0 saturated carbocycles. The lowest BCUT2D eigenvalue weighted by Crippen LogP contribution is -2.15. The number of primary amides is 1. The maximum Gasteiger partial charge on any atom is 0.253 e. The van der Waals surface area contributed by atoms with Crippen LogP contribution in [0.3, 0.4) is 0 Å². The van der Waals surface area contributed by atoms with Crippen LogP contribution in [-0.4, -0.2) is 12.3 Å². The second kappa shape index (κ2) is 5.67. The maximum absolute atomic E-state index is 13.5. The van der Waals surface area contributed by atoms with E-state index in [4.69, 9.17) is 28.9 Å². The lowest BCUT2D eigenvalue weighted by atomic mass is 10.1. The molecule has 0 unspecified atom stereocenters. The summed E-state index contributed by atoms with van der Waals surface area (Å²) in [5.74, 6) is -2.07. The predicted octanol–water partition coefficient (Wildman–Crippen LogP) is 2.44. The van der Waals surface area contributed by atoms with Crippen LogP contribution in [0.5, 0.6) is 0 Å². The van der Waals surface area contributed by atoms with Crippen LogP contribution in [0.2, 0.25) is 10.0 Å². The third-order valence-corrected chi connectivity index (χ3v) is 2.40. The molecule has 16 heavy (non-hydrogen) atoms. The molecule has 0 aliphatic carbocycles. The first-order valence-electron chi connectivity index (χ1n) is 3.66. The maximum atomic E-state index is 13.5. The first-order chi connectivity index (χ1) is 6.99. The van der Waals surface area contributed by atoms with E-state index < -0.39 is 17.3 Å². The number of carbonyl (C=O) groups is 2. The van der Waals surface area contributed by atoms with Crippen LogP contribution >= 0.6 is 23.2 Å². The highest BCUT2D eigenvalue weighted by molar-refractivity contribution is 6.44. The van der Waals surface area contributed by atoms with Crippen LogP contribution in [0, 0.1) is 5.82 Å². The van der Waals surface area contributed by atoms with E-state index in [-0.39, 0.29) is 29.6 Å². The molecule has 0 radical (unpaired) electrons. The number of carbonyl (C=O) groups excluding carboxylic acids is 2. The fourth-order valence-electron chi connectivity index (χ4n) is 0.989. The fraction of sp³-hybridized carbons (Fsp3) is 0.111. The summed E-state index contributed by atoms with van der Waals surface area (Å²) in [6, 6.07) is 1.08. The van der Waals surface area contributed by atoms with Crippen molar-refractivity contribution in [1.29, 1.82) is 0 Å². The highest BCUT2D eigenvalue weighted by atomic mass is 35.5. The zero-order valence-electron chi connectivity index (χ0n) is 7.18. The van der Waals surface area contributed by atoms with E-state index in [0.717, 1.165) is 6.07 Å². The fourth-order valence-corrected chi connectivity index (χ4v) is 1.42. The van der Waals surface area contributed by atoms with Gasteiger partial charge in [0.15, 0.2) is 5.82 Å². The second-order valence-electron chi connectivity index (χ2n) is 2.54. The Balaban J connectivity index is 0.00000225. The van der Waals surface area contributed by atoms with E-state index in [2.05, 4.69) is 0 Å². The number of rotatable bonds is 3. The van der Waals surface area contributed by atoms with Crippen LogP contribution in [0.25, 0.3) is 0 Å². The van der Waals surface area contributed by atoms with Gasteiger partial charge in [-0.1, -0.05) is 30.6 Å². The molecule has 7 heteroatoms. The minimum Gasteiger partial charge on any atom is -0.365 e. The Morgan fingerprint density at radius 3 is 2.50 bits per heavy atom. The summed E-state index contributed by atoms with van der Waals surface area (Å²) in [7, 11) is 0. The number of halogens is 3. The molecule has 1 aromatic carbocycles. The highest BCUT2D eigenvalue weighted by Gasteiger charge is 2.20. The molecule has 1 aromatic rings. The van der Waals surface area contributed by atoms with Gasteiger partial charge >= 0.3 is 0 Å². The standard InChI is InChI=1S/C8H5Cl2FN2O2.CH4/c9-3-1-4(13-2-14)7(11)5(6(3)10)8(12)15;/h1-2H,(H2,12,15)(H,13,14);1H4. The number of anilines is 1. The average molecular weight is 267 g/mol. The van der Waals surface area contributed by atoms with Crippen LogP contribution in [-0.2, 0) is 4.79 Å². The first-order valence-corrected chi connectivity index (χ1v) is 4.42. The minimum absolute atomic E-state index is 0. The Labute approximate surface area is 102 Å². The molecule has 0 heterocycles. The summed E-state index contributed by atoms with van der Waals surface area (Å²) in [5.41, 5.74) is 4.11. The molecule has 1 rings (SSSR count). The average Bonchev–Trinajstić information content (AvgIpc) is 2.14. The van der Waals surface area contributed by atoms with Gasteiger partial charge < -0.3 is 11.1 Å². The molecule has 0 fully saturated rings. The smallest absolute Gasteiger partial charge is 0.253 e. The molecule has 3 N–H and O–H groups in total. The van der Waals surface area contributed by atoms with Crippen molar-refractivity contribution in [3.63, 3.8) is 0 Å². The molecular weight excluding hydrogens is 258 g/mol. The number of amides is 2. The molecule has 0 aromatic heterocycles. The molecule has 2 amide bonds. The lowest BCUT2D eigenvalue weighted by Gasteiger charge is -2.08. The van der Waals surface area contributed by atoms with Crippen LogP contribution in [0.4, 0.5) is 10.1 Å². The van der Waals surface area contributed by atoms with Crippen molar-refractivity contribution >= 4 is 41.2 Å². The Morgan fingerprint density at radius 2 is 2.06 bits per heavy atom. The summed E-state index contributed by atoms with van der Waals surface area (Å²) in [5, 5.41) is 1.68. The van der Waals surface area contributed by atoms with Gasteiger partial charge in [-0.15, -0.1) is 0 Å². The normalized spacial score (nSPS) is 9.19. The van der Waals surface area contributed by atoms with E-state index in [1.807, 2.05) is 5.32 Å². The number of hydrogen-bond donors (Lipinski definition) is 2. The minimum atomic E-state index is -1.06. The van der Waals surface area contributed by atoms with E-state index in [1.54, 1.807) is 0 Å². The molecular formula is C9H9Cl2FN2O2. The molecule has 0 spiro atoms. The highest BCUT2D eigenvalue weighted by Crippen LogP contribution is 2.32. The van der Waals surface area contributed by atoms with Crippen LogP contribution < -0.4 is 11.1 Å². The quantitative estimate of drug-likeness (QED) is 0.652. The Kier molecular flexibility index (Phi) is 5.20. The Bertz CT molecular complexity index is 438. The molecule has 88 valence electrons. The predicted molar refractivity (Wildman–Crippen MR) is 61.4 cm³/mol. The largest absolute Gasteiger partial charge is 0.365 e. The summed E-state index contributed by atoms with van der Waals surface area (Å²) in [6.07, 6.45) is 0.243. The summed E-state index contributed by atoms with van der Waals surface area (Å²) < 4.78 is 13.5. The molecule has 4 nitrogen and oxygen atoms in total. The third-order valence-electron chi connectivity index (χ3n) is 1.62. The zero-order chi connectivity index (χ0) is 11.6. The zero-order valence-corrected chi connectivity index (χ0v) is 8.69. The van der Waals surface area contributed by atoms with Crippen molar-refractivity contribution in [3.8, 4) is 0 Å². The van der Waals surface area contributed by atoms with Crippen molar-refractivity contribution in [2.75, 3.05) is 5.32 Å². The van der Waals surface area contributed by atoms with Crippen molar-refractivity contribution in [1.82, 2.24) is 0 Å².